The van der Waals surface area contributed by atoms with Crippen LogP contribution in [0.5, 0.6) is 0 Å². The predicted octanol–water partition coefficient (Wildman–Crippen LogP) is 0.513. The van der Waals surface area contributed by atoms with Crippen LogP contribution in [0.1, 0.15) is 27.7 Å². The number of nitrogens with one attached hydrogen (secondary N) is 1. The maximum Gasteiger partial charge on any atom is 0.237 e. The van der Waals surface area contributed by atoms with E-state index in [1.54, 1.807) is 0 Å². The van der Waals surface area contributed by atoms with Crippen LogP contribution in [0.25, 0.3) is 0 Å². The van der Waals surface area contributed by atoms with E-state index in [0.717, 1.165) is 13.2 Å². The number of rotatable bonds is 3. The molecule has 1 heterocycles. The van der Waals surface area contributed by atoms with Gasteiger partial charge in [-0.25, -0.2) is 0 Å². The van der Waals surface area contributed by atoms with Gasteiger partial charge >= 0.3 is 0 Å². The van der Waals surface area contributed by atoms with Gasteiger partial charge in [0.1, 0.15) is 0 Å². The van der Waals surface area contributed by atoms with Crippen molar-refractivity contribution >= 4 is 5.91 Å². The Morgan fingerprint density at radius 1 is 1.53 bits per heavy atom. The summed E-state index contributed by atoms with van der Waals surface area (Å²) in [5, 5.41) is 2.89. The molecule has 1 fully saturated rings. The fourth-order valence-corrected chi connectivity index (χ4v) is 1.36. The quantitative estimate of drug-likeness (QED) is 0.719. The fraction of sp³-hybridized carbons (Fsp3) is 0.909. The van der Waals surface area contributed by atoms with E-state index in [4.69, 9.17) is 10.5 Å². The third-order valence-corrected chi connectivity index (χ3v) is 2.81. The van der Waals surface area contributed by atoms with Gasteiger partial charge in [0, 0.05) is 12.0 Å². The number of nitrogens with two attached hydrogens (primary N) is 1. The fourth-order valence-electron chi connectivity index (χ4n) is 1.36. The van der Waals surface area contributed by atoms with E-state index in [-0.39, 0.29) is 16.7 Å². The molecule has 0 aromatic heterocycles. The average molecular weight is 214 g/mol. The molecule has 0 bridgehead atoms. The molecule has 0 aromatic rings. The molecule has 0 saturated carbocycles. The minimum absolute atomic E-state index is 0.0735. The zero-order chi connectivity index (χ0) is 11.7. The minimum atomic E-state index is -0.456. The molecule has 0 spiro atoms. The lowest BCUT2D eigenvalue weighted by Gasteiger charge is -2.38. The maximum atomic E-state index is 11.7. The summed E-state index contributed by atoms with van der Waals surface area (Å²) >= 11 is 0. The molecule has 1 rings (SSSR count). The average Bonchev–Trinajstić information content (AvgIpc) is 2.08. The number of amides is 1. The number of carbonyl (C=O) groups excluding carboxylic acids is 1. The first-order valence-corrected chi connectivity index (χ1v) is 5.36. The molecule has 1 atom stereocenters. The van der Waals surface area contributed by atoms with Crippen molar-refractivity contribution in [2.75, 3.05) is 19.8 Å². The Labute approximate surface area is 91.5 Å². The van der Waals surface area contributed by atoms with Crippen LogP contribution in [0.4, 0.5) is 0 Å². The second-order valence-electron chi connectivity index (χ2n) is 5.86. The highest BCUT2D eigenvalue weighted by Crippen LogP contribution is 2.25. The largest absolute Gasteiger partial charge is 0.380 e. The summed E-state index contributed by atoms with van der Waals surface area (Å²) in [6, 6.07) is -0.456. The highest BCUT2D eigenvalue weighted by molar-refractivity contribution is 5.82. The molecule has 4 nitrogen and oxygen atoms in total. The van der Waals surface area contributed by atoms with Crippen LogP contribution in [0.2, 0.25) is 0 Å². The number of hydrogen-bond donors (Lipinski definition) is 2. The van der Waals surface area contributed by atoms with E-state index in [1.807, 2.05) is 20.8 Å². The van der Waals surface area contributed by atoms with Crippen LogP contribution < -0.4 is 11.1 Å². The summed E-state index contributed by atoms with van der Waals surface area (Å²) in [4.78, 5) is 11.7. The minimum Gasteiger partial charge on any atom is -0.380 e. The molecule has 0 aromatic carbocycles. The van der Waals surface area contributed by atoms with E-state index >= 15 is 0 Å². The molecule has 0 aliphatic carbocycles. The Balaban J connectivity index is 2.36. The van der Waals surface area contributed by atoms with E-state index in [9.17, 15) is 4.79 Å². The van der Waals surface area contributed by atoms with E-state index in [1.165, 1.54) is 0 Å². The van der Waals surface area contributed by atoms with Crippen molar-refractivity contribution < 1.29 is 9.53 Å². The van der Waals surface area contributed by atoms with Gasteiger partial charge in [-0.05, 0) is 5.41 Å². The van der Waals surface area contributed by atoms with E-state index < -0.39 is 6.04 Å². The smallest absolute Gasteiger partial charge is 0.237 e. The Morgan fingerprint density at radius 2 is 2.07 bits per heavy atom. The molecular weight excluding hydrogens is 192 g/mol. The van der Waals surface area contributed by atoms with Crippen LogP contribution in [-0.2, 0) is 9.53 Å². The Morgan fingerprint density at radius 3 is 2.40 bits per heavy atom. The summed E-state index contributed by atoms with van der Waals surface area (Å²) in [6.45, 7) is 10.1. The van der Waals surface area contributed by atoms with Gasteiger partial charge in [-0.3, -0.25) is 4.79 Å². The summed E-state index contributed by atoms with van der Waals surface area (Å²) in [7, 11) is 0. The van der Waals surface area contributed by atoms with E-state index in [0.29, 0.717) is 6.54 Å². The van der Waals surface area contributed by atoms with Gasteiger partial charge in [0.25, 0.3) is 0 Å². The lowest BCUT2D eigenvalue weighted by Crippen LogP contribution is -2.54. The van der Waals surface area contributed by atoms with E-state index in [2.05, 4.69) is 12.2 Å². The molecule has 88 valence electrons. The lowest BCUT2D eigenvalue weighted by atomic mass is 9.85. The molecule has 3 N–H and O–H groups in total. The van der Waals surface area contributed by atoms with Crippen LogP contribution in [0.3, 0.4) is 0 Å². The van der Waals surface area contributed by atoms with Gasteiger partial charge in [-0.1, -0.05) is 27.7 Å². The number of carbonyl (C=O) groups is 1. The first-order valence-electron chi connectivity index (χ1n) is 5.36. The maximum absolute atomic E-state index is 11.7. The highest BCUT2D eigenvalue weighted by Gasteiger charge is 2.35. The van der Waals surface area contributed by atoms with Gasteiger partial charge in [-0.2, -0.15) is 0 Å². The first kappa shape index (κ1) is 12.5. The molecule has 1 aliphatic heterocycles. The summed E-state index contributed by atoms with van der Waals surface area (Å²) < 4.78 is 5.12. The molecule has 1 amide bonds. The third-order valence-electron chi connectivity index (χ3n) is 2.81. The van der Waals surface area contributed by atoms with Crippen LogP contribution in [0.15, 0.2) is 0 Å². The normalized spacial score (nSPS) is 21.7. The Bertz CT molecular complexity index is 241. The van der Waals surface area contributed by atoms with Crippen molar-refractivity contribution in [1.29, 1.82) is 0 Å². The Kier molecular flexibility index (Phi) is 3.41. The van der Waals surface area contributed by atoms with Crippen molar-refractivity contribution in [2.24, 2.45) is 16.6 Å². The SMILES string of the molecule is CC1(CNC(=O)[C@@H](N)C(C)(C)C)COC1. The zero-order valence-electron chi connectivity index (χ0n) is 10.1. The second-order valence-corrected chi connectivity index (χ2v) is 5.86. The molecule has 0 radical (unpaired) electrons. The van der Waals surface area contributed by atoms with Gasteiger partial charge in [-0.15, -0.1) is 0 Å². The highest BCUT2D eigenvalue weighted by atomic mass is 16.5. The standard InChI is InChI=1S/C11H22N2O2/c1-10(2,3)8(12)9(14)13-5-11(4)6-15-7-11/h8H,5-7,12H2,1-4H3,(H,13,14)/t8-/m1/s1. The summed E-state index contributed by atoms with van der Waals surface area (Å²) in [5.41, 5.74) is 5.75. The molecule has 0 unspecified atom stereocenters. The van der Waals surface area contributed by atoms with Gasteiger partial charge in [0.15, 0.2) is 0 Å². The summed E-state index contributed by atoms with van der Waals surface area (Å²) in [5.74, 6) is -0.0735. The summed E-state index contributed by atoms with van der Waals surface area (Å²) in [6.07, 6.45) is 0. The van der Waals surface area contributed by atoms with Gasteiger partial charge < -0.3 is 15.8 Å². The zero-order valence-corrected chi connectivity index (χ0v) is 10.1. The number of ether oxygens (including phenoxy) is 1. The van der Waals surface area contributed by atoms with Crippen molar-refractivity contribution in [1.82, 2.24) is 5.32 Å². The third kappa shape index (κ3) is 3.18. The van der Waals surface area contributed by atoms with Crippen LogP contribution in [-0.4, -0.2) is 31.7 Å². The molecular formula is C11H22N2O2. The molecule has 1 aliphatic rings. The van der Waals surface area contributed by atoms with Crippen molar-refractivity contribution in [3.05, 3.63) is 0 Å². The van der Waals surface area contributed by atoms with Gasteiger partial charge in [0.05, 0.1) is 19.3 Å². The van der Waals surface area contributed by atoms with Crippen molar-refractivity contribution in [2.45, 2.75) is 33.7 Å². The molecule has 1 saturated heterocycles. The number of hydrogen-bond acceptors (Lipinski definition) is 3. The monoisotopic (exact) mass is 214 g/mol. The van der Waals surface area contributed by atoms with Crippen LogP contribution >= 0.6 is 0 Å². The Hall–Kier alpha value is -0.610. The van der Waals surface area contributed by atoms with Crippen molar-refractivity contribution in [3.8, 4) is 0 Å². The van der Waals surface area contributed by atoms with Crippen LogP contribution in [0, 0.1) is 10.8 Å². The predicted molar refractivity (Wildman–Crippen MR) is 59.4 cm³/mol. The lowest BCUT2D eigenvalue weighted by molar-refractivity contribution is -0.129. The van der Waals surface area contributed by atoms with Crippen molar-refractivity contribution in [3.63, 3.8) is 0 Å². The molecule has 15 heavy (non-hydrogen) atoms. The topological polar surface area (TPSA) is 64.4 Å². The molecule has 4 heteroatoms. The van der Waals surface area contributed by atoms with Gasteiger partial charge in [0.2, 0.25) is 5.91 Å². The first-order chi connectivity index (χ1) is 6.75. The second kappa shape index (κ2) is 4.10.